The van der Waals surface area contributed by atoms with Gasteiger partial charge < -0.3 is 14.8 Å². The molecule has 0 bridgehead atoms. The van der Waals surface area contributed by atoms with Crippen LogP contribution < -0.4 is 5.32 Å². The first-order valence-electron chi connectivity index (χ1n) is 7.00. The van der Waals surface area contributed by atoms with E-state index in [4.69, 9.17) is 0 Å². The van der Waals surface area contributed by atoms with Gasteiger partial charge in [0.2, 0.25) is 5.91 Å². The Balaban J connectivity index is 2.21. The van der Waals surface area contributed by atoms with Crippen molar-refractivity contribution in [3.8, 4) is 0 Å². The van der Waals surface area contributed by atoms with Crippen LogP contribution in [0.2, 0.25) is 0 Å². The first kappa shape index (κ1) is 14.1. The van der Waals surface area contributed by atoms with Crippen molar-refractivity contribution in [1.29, 1.82) is 0 Å². The van der Waals surface area contributed by atoms with Crippen molar-refractivity contribution < 1.29 is 4.79 Å². The van der Waals surface area contributed by atoms with E-state index < -0.39 is 0 Å². The fraction of sp³-hybridized carbons (Fsp3) is 0.714. The Morgan fingerprint density at radius 3 is 2.79 bits per heavy atom. The summed E-state index contributed by atoms with van der Waals surface area (Å²) < 4.78 is 2.00. The van der Waals surface area contributed by atoms with Crippen molar-refractivity contribution in [1.82, 2.24) is 19.8 Å². The van der Waals surface area contributed by atoms with Crippen LogP contribution in [0.5, 0.6) is 0 Å². The Morgan fingerprint density at radius 2 is 2.21 bits per heavy atom. The quantitative estimate of drug-likeness (QED) is 0.892. The molecule has 5 heteroatoms. The second-order valence-corrected chi connectivity index (χ2v) is 5.68. The first-order valence-corrected chi connectivity index (χ1v) is 7.00. The van der Waals surface area contributed by atoms with Crippen LogP contribution in [0.3, 0.4) is 0 Å². The summed E-state index contributed by atoms with van der Waals surface area (Å²) >= 11 is 0. The van der Waals surface area contributed by atoms with E-state index in [0.717, 1.165) is 25.5 Å². The van der Waals surface area contributed by atoms with E-state index in [1.165, 1.54) is 0 Å². The van der Waals surface area contributed by atoms with Crippen LogP contribution in [0.4, 0.5) is 0 Å². The van der Waals surface area contributed by atoms with Crippen molar-refractivity contribution in [3.63, 3.8) is 0 Å². The number of nitrogens with zero attached hydrogens (tertiary/aromatic N) is 3. The number of amides is 1. The molecule has 5 nitrogen and oxygen atoms in total. The zero-order chi connectivity index (χ0) is 14.0. The van der Waals surface area contributed by atoms with Crippen LogP contribution in [-0.4, -0.2) is 40.0 Å². The molecule has 1 aromatic rings. The topological polar surface area (TPSA) is 50.2 Å². The van der Waals surface area contributed by atoms with E-state index in [9.17, 15) is 4.79 Å². The maximum absolute atomic E-state index is 12.6. The highest BCUT2D eigenvalue weighted by Crippen LogP contribution is 2.24. The molecule has 1 aliphatic rings. The van der Waals surface area contributed by atoms with E-state index in [1.807, 2.05) is 29.6 Å². The van der Waals surface area contributed by atoms with Crippen molar-refractivity contribution in [2.24, 2.45) is 18.9 Å². The lowest BCUT2D eigenvalue weighted by Crippen LogP contribution is -2.51. The summed E-state index contributed by atoms with van der Waals surface area (Å²) in [6, 6.07) is 0.0439. The van der Waals surface area contributed by atoms with Crippen molar-refractivity contribution in [2.75, 3.05) is 19.6 Å². The van der Waals surface area contributed by atoms with Crippen molar-refractivity contribution in [3.05, 3.63) is 18.2 Å². The third kappa shape index (κ3) is 2.81. The van der Waals surface area contributed by atoms with Crippen molar-refractivity contribution >= 4 is 5.91 Å². The molecule has 0 saturated carbocycles. The van der Waals surface area contributed by atoms with Crippen LogP contribution in [0.15, 0.2) is 12.4 Å². The van der Waals surface area contributed by atoms with Gasteiger partial charge in [0.15, 0.2) is 0 Å². The van der Waals surface area contributed by atoms with E-state index in [1.54, 1.807) is 6.20 Å². The van der Waals surface area contributed by atoms with Gasteiger partial charge in [-0.3, -0.25) is 4.79 Å². The van der Waals surface area contributed by atoms with Gasteiger partial charge in [-0.15, -0.1) is 0 Å². The summed E-state index contributed by atoms with van der Waals surface area (Å²) in [7, 11) is 1.98. The summed E-state index contributed by atoms with van der Waals surface area (Å²) in [6.07, 6.45) is 3.72. The number of imidazole rings is 1. The van der Waals surface area contributed by atoms with Gasteiger partial charge in [-0.25, -0.2) is 4.98 Å². The second-order valence-electron chi connectivity index (χ2n) is 5.68. The predicted octanol–water partition coefficient (Wildman–Crippen LogP) is 1.19. The molecule has 2 rings (SSSR count). The molecule has 1 fully saturated rings. The van der Waals surface area contributed by atoms with Gasteiger partial charge in [-0.2, -0.15) is 0 Å². The molecule has 106 valence electrons. The molecule has 0 spiro atoms. The number of rotatable bonds is 3. The van der Waals surface area contributed by atoms with Gasteiger partial charge in [-0.05, 0) is 5.92 Å². The molecule has 2 atom stereocenters. The van der Waals surface area contributed by atoms with E-state index >= 15 is 0 Å². The molecule has 0 aliphatic carbocycles. The van der Waals surface area contributed by atoms with Gasteiger partial charge in [-0.1, -0.05) is 20.8 Å². The highest BCUT2D eigenvalue weighted by molar-refractivity contribution is 5.79. The highest BCUT2D eigenvalue weighted by atomic mass is 16.2. The first-order chi connectivity index (χ1) is 9.02. The van der Waals surface area contributed by atoms with Gasteiger partial charge in [0.1, 0.15) is 11.9 Å². The SMILES string of the molecule is CC(C)C(C)C(=O)N1CCNCC1c1nccn1C. The Bertz CT molecular complexity index is 440. The second kappa shape index (κ2) is 5.74. The maximum atomic E-state index is 12.6. The largest absolute Gasteiger partial charge is 0.336 e. The van der Waals surface area contributed by atoms with Gasteiger partial charge >= 0.3 is 0 Å². The number of carbonyl (C=O) groups excluding carboxylic acids is 1. The standard InChI is InChI=1S/C14H24N4O/c1-10(2)11(3)14(19)18-8-5-15-9-12(18)13-16-6-7-17(13)4/h6-7,10-12,15H,5,8-9H2,1-4H3. The number of carbonyl (C=O) groups is 1. The number of piperazine rings is 1. The van der Waals surface area contributed by atoms with Gasteiger partial charge in [0, 0.05) is 45.0 Å². The number of hydrogen-bond donors (Lipinski definition) is 1. The van der Waals surface area contributed by atoms with E-state index in [0.29, 0.717) is 5.92 Å². The predicted molar refractivity (Wildman–Crippen MR) is 74.5 cm³/mol. The van der Waals surface area contributed by atoms with E-state index in [-0.39, 0.29) is 17.9 Å². The van der Waals surface area contributed by atoms with Gasteiger partial charge in [0.25, 0.3) is 0 Å². The minimum absolute atomic E-state index is 0.0439. The highest BCUT2D eigenvalue weighted by Gasteiger charge is 2.33. The normalized spacial score (nSPS) is 21.7. The zero-order valence-corrected chi connectivity index (χ0v) is 12.3. The van der Waals surface area contributed by atoms with Crippen LogP contribution in [0.1, 0.15) is 32.6 Å². The average Bonchev–Trinajstić information content (AvgIpc) is 2.83. The third-order valence-electron chi connectivity index (χ3n) is 4.07. The number of aryl methyl sites for hydroxylation is 1. The summed E-state index contributed by atoms with van der Waals surface area (Å²) in [5, 5.41) is 3.36. The number of aromatic nitrogens is 2. The van der Waals surface area contributed by atoms with Crippen LogP contribution >= 0.6 is 0 Å². The summed E-state index contributed by atoms with van der Waals surface area (Å²) in [5.41, 5.74) is 0. The molecule has 0 radical (unpaired) electrons. The van der Waals surface area contributed by atoms with Crippen LogP contribution in [0, 0.1) is 11.8 Å². The van der Waals surface area contributed by atoms with Crippen molar-refractivity contribution in [2.45, 2.75) is 26.8 Å². The maximum Gasteiger partial charge on any atom is 0.226 e. The monoisotopic (exact) mass is 264 g/mol. The lowest BCUT2D eigenvalue weighted by Gasteiger charge is -2.37. The van der Waals surface area contributed by atoms with Crippen LogP contribution in [0.25, 0.3) is 0 Å². The molecule has 1 aliphatic heterocycles. The molecule has 0 aromatic carbocycles. The number of hydrogen-bond acceptors (Lipinski definition) is 3. The molecule has 1 saturated heterocycles. The van der Waals surface area contributed by atoms with Gasteiger partial charge in [0.05, 0.1) is 0 Å². The average molecular weight is 264 g/mol. The summed E-state index contributed by atoms with van der Waals surface area (Å²) in [6.45, 7) is 8.61. The molecule has 2 unspecified atom stereocenters. The summed E-state index contributed by atoms with van der Waals surface area (Å²) in [4.78, 5) is 19.0. The fourth-order valence-corrected chi connectivity index (χ4v) is 2.44. The Morgan fingerprint density at radius 1 is 1.47 bits per heavy atom. The molecular weight excluding hydrogens is 240 g/mol. The molecule has 2 heterocycles. The zero-order valence-electron chi connectivity index (χ0n) is 12.3. The minimum atomic E-state index is 0.0439. The molecule has 1 N–H and O–H groups in total. The lowest BCUT2D eigenvalue weighted by molar-refractivity contribution is -0.140. The fourth-order valence-electron chi connectivity index (χ4n) is 2.44. The lowest BCUT2D eigenvalue weighted by atomic mass is 9.95. The minimum Gasteiger partial charge on any atom is -0.336 e. The molecule has 1 amide bonds. The van der Waals surface area contributed by atoms with E-state index in [2.05, 4.69) is 24.1 Å². The molecule has 1 aromatic heterocycles. The molecular formula is C14H24N4O. The van der Waals surface area contributed by atoms with Crippen LogP contribution in [-0.2, 0) is 11.8 Å². The molecule has 19 heavy (non-hydrogen) atoms. The Kier molecular flexibility index (Phi) is 4.24. The number of nitrogens with one attached hydrogen (secondary N) is 1. The summed E-state index contributed by atoms with van der Waals surface area (Å²) in [5.74, 6) is 1.62. The Labute approximate surface area is 115 Å². The Hall–Kier alpha value is -1.36. The smallest absolute Gasteiger partial charge is 0.226 e. The third-order valence-corrected chi connectivity index (χ3v) is 4.07.